The van der Waals surface area contributed by atoms with Crippen molar-refractivity contribution in [3.8, 4) is 0 Å². The number of aliphatic imine (C=N–C) groups is 1. The summed E-state index contributed by atoms with van der Waals surface area (Å²) >= 11 is 1.99. The number of hydrogen-bond acceptors (Lipinski definition) is 3. The van der Waals surface area contributed by atoms with Crippen LogP contribution in [0.25, 0.3) is 0 Å². The van der Waals surface area contributed by atoms with Gasteiger partial charge in [-0.25, -0.2) is 0 Å². The van der Waals surface area contributed by atoms with Crippen molar-refractivity contribution in [3.63, 3.8) is 0 Å². The first kappa shape index (κ1) is 13.3. The van der Waals surface area contributed by atoms with E-state index in [4.69, 9.17) is 4.99 Å². The maximum Gasteiger partial charge on any atom is 0.157 e. The molecule has 0 saturated heterocycles. The predicted molar refractivity (Wildman–Crippen MR) is 77.7 cm³/mol. The number of nitrogens with one attached hydrogen (secondary N) is 1. The van der Waals surface area contributed by atoms with E-state index in [-0.39, 0.29) is 0 Å². The Bertz CT molecular complexity index is 273. The lowest BCUT2D eigenvalue weighted by atomic mass is 9.99. The molecule has 1 aliphatic heterocycles. The topological polar surface area (TPSA) is 24.4 Å². The number of amidine groups is 1. The van der Waals surface area contributed by atoms with Crippen LogP contribution in [-0.2, 0) is 0 Å². The Morgan fingerprint density at radius 1 is 1.35 bits per heavy atom. The highest BCUT2D eigenvalue weighted by Gasteiger charge is 2.28. The van der Waals surface area contributed by atoms with Gasteiger partial charge in [0.2, 0.25) is 0 Å². The molecule has 1 aliphatic carbocycles. The Kier molecular flexibility index (Phi) is 4.78. The molecule has 1 saturated carbocycles. The Balaban J connectivity index is 1.77. The van der Waals surface area contributed by atoms with E-state index in [9.17, 15) is 0 Å². The molecule has 1 N–H and O–H groups in total. The van der Waals surface area contributed by atoms with E-state index in [1.54, 1.807) is 0 Å². The van der Waals surface area contributed by atoms with E-state index in [1.807, 2.05) is 11.8 Å². The summed E-state index contributed by atoms with van der Waals surface area (Å²) in [6.07, 6.45) is 6.62. The summed E-state index contributed by atoms with van der Waals surface area (Å²) in [7, 11) is 0. The fourth-order valence-corrected chi connectivity index (χ4v) is 4.44. The monoisotopic (exact) mass is 254 g/mol. The average Bonchev–Trinajstić information content (AvgIpc) is 2.91. The Hall–Kier alpha value is -0.180. The van der Waals surface area contributed by atoms with Crippen LogP contribution in [0.1, 0.15) is 52.9 Å². The van der Waals surface area contributed by atoms with Crippen LogP contribution in [0, 0.1) is 11.8 Å². The van der Waals surface area contributed by atoms with Crippen molar-refractivity contribution in [1.82, 2.24) is 5.32 Å². The van der Waals surface area contributed by atoms with Crippen LogP contribution < -0.4 is 5.32 Å². The van der Waals surface area contributed by atoms with Crippen molar-refractivity contribution in [2.45, 2.75) is 64.2 Å². The molecule has 2 nitrogen and oxygen atoms in total. The molecule has 0 aromatic carbocycles. The minimum Gasteiger partial charge on any atom is -0.362 e. The number of nitrogens with zero attached hydrogens (tertiary/aromatic N) is 1. The molecule has 0 aromatic heterocycles. The molecule has 3 heteroatoms. The molecule has 98 valence electrons. The molecule has 1 heterocycles. The Morgan fingerprint density at radius 3 is 2.71 bits per heavy atom. The van der Waals surface area contributed by atoms with Gasteiger partial charge >= 0.3 is 0 Å². The summed E-state index contributed by atoms with van der Waals surface area (Å²) in [5.74, 6) is 1.74. The second-order valence-electron chi connectivity index (χ2n) is 5.64. The highest BCUT2D eigenvalue weighted by Crippen LogP contribution is 2.32. The summed E-state index contributed by atoms with van der Waals surface area (Å²) in [5, 5.41) is 5.61. The normalized spacial score (nSPS) is 33.2. The molecule has 3 unspecified atom stereocenters. The summed E-state index contributed by atoms with van der Waals surface area (Å²) in [6.45, 7) is 8.00. The quantitative estimate of drug-likeness (QED) is 0.828. The van der Waals surface area contributed by atoms with E-state index in [0.717, 1.165) is 23.6 Å². The van der Waals surface area contributed by atoms with Crippen molar-refractivity contribution < 1.29 is 0 Å². The molecule has 3 atom stereocenters. The minimum absolute atomic E-state index is 0.691. The molecule has 2 rings (SSSR count). The van der Waals surface area contributed by atoms with Gasteiger partial charge in [0.15, 0.2) is 5.17 Å². The third-order valence-corrected chi connectivity index (χ3v) is 5.58. The maximum atomic E-state index is 4.69. The van der Waals surface area contributed by atoms with E-state index in [2.05, 4.69) is 26.1 Å². The van der Waals surface area contributed by atoms with Gasteiger partial charge in [-0.3, -0.25) is 4.99 Å². The first-order chi connectivity index (χ1) is 8.22. The molecule has 0 radical (unpaired) electrons. The van der Waals surface area contributed by atoms with Gasteiger partial charge in [-0.15, -0.1) is 0 Å². The largest absolute Gasteiger partial charge is 0.362 e. The van der Waals surface area contributed by atoms with E-state index >= 15 is 0 Å². The Labute approximate surface area is 110 Å². The maximum absolute atomic E-state index is 4.69. The molecular weight excluding hydrogens is 228 g/mol. The van der Waals surface area contributed by atoms with Gasteiger partial charge in [-0.05, 0) is 31.1 Å². The zero-order valence-corrected chi connectivity index (χ0v) is 12.2. The van der Waals surface area contributed by atoms with E-state index < -0.39 is 0 Å². The van der Waals surface area contributed by atoms with Gasteiger partial charge in [0.25, 0.3) is 0 Å². The second-order valence-corrected chi connectivity index (χ2v) is 6.87. The van der Waals surface area contributed by atoms with Crippen LogP contribution in [0.3, 0.4) is 0 Å². The average molecular weight is 254 g/mol. The van der Waals surface area contributed by atoms with Crippen molar-refractivity contribution in [2.24, 2.45) is 16.8 Å². The smallest absolute Gasteiger partial charge is 0.157 e. The first-order valence-electron chi connectivity index (χ1n) is 7.20. The highest BCUT2D eigenvalue weighted by atomic mass is 32.2. The lowest BCUT2D eigenvalue weighted by molar-refractivity contribution is 0.479. The fraction of sp³-hybridized carbons (Fsp3) is 0.929. The van der Waals surface area contributed by atoms with Crippen LogP contribution in [0.15, 0.2) is 4.99 Å². The molecule has 1 fully saturated rings. The lowest BCUT2D eigenvalue weighted by Crippen LogP contribution is -2.30. The molecular formula is C14H26N2S. The summed E-state index contributed by atoms with van der Waals surface area (Å²) < 4.78 is 0. The van der Waals surface area contributed by atoms with Crippen molar-refractivity contribution in [1.29, 1.82) is 0 Å². The Morgan fingerprint density at radius 2 is 2.12 bits per heavy atom. The SMILES string of the molecule is CCC(CC)C1CN=C(NC2CCC(C)C2)S1. The van der Waals surface area contributed by atoms with Crippen LogP contribution in [0.5, 0.6) is 0 Å². The third-order valence-electron chi connectivity index (χ3n) is 4.27. The standard InChI is InChI=1S/C14H26N2S/c1-4-11(5-2)13-9-15-14(17-13)16-12-7-6-10(3)8-12/h10-13H,4-9H2,1-3H3,(H,15,16). The van der Waals surface area contributed by atoms with E-state index in [0.29, 0.717) is 6.04 Å². The molecule has 2 aliphatic rings. The molecule has 0 spiro atoms. The van der Waals surface area contributed by atoms with E-state index in [1.165, 1.54) is 37.3 Å². The molecule has 0 bridgehead atoms. The van der Waals surface area contributed by atoms with Crippen molar-refractivity contribution >= 4 is 16.9 Å². The van der Waals surface area contributed by atoms with Gasteiger partial charge in [0.1, 0.15) is 0 Å². The predicted octanol–water partition coefficient (Wildman–Crippen LogP) is 3.67. The highest BCUT2D eigenvalue weighted by molar-refractivity contribution is 8.14. The van der Waals surface area contributed by atoms with Crippen LogP contribution in [0.2, 0.25) is 0 Å². The van der Waals surface area contributed by atoms with Crippen LogP contribution in [-0.4, -0.2) is 23.0 Å². The zero-order valence-electron chi connectivity index (χ0n) is 11.4. The van der Waals surface area contributed by atoms with Gasteiger partial charge < -0.3 is 5.32 Å². The first-order valence-corrected chi connectivity index (χ1v) is 8.08. The van der Waals surface area contributed by atoms with Crippen LogP contribution in [0.4, 0.5) is 0 Å². The van der Waals surface area contributed by atoms with Crippen molar-refractivity contribution in [3.05, 3.63) is 0 Å². The minimum atomic E-state index is 0.691. The van der Waals surface area contributed by atoms with Gasteiger partial charge in [0, 0.05) is 11.3 Å². The zero-order chi connectivity index (χ0) is 12.3. The van der Waals surface area contributed by atoms with Gasteiger partial charge in [0.05, 0.1) is 6.54 Å². The third kappa shape index (κ3) is 3.40. The molecule has 0 aromatic rings. The summed E-state index contributed by atoms with van der Waals surface area (Å²) in [4.78, 5) is 4.69. The molecule has 0 amide bonds. The van der Waals surface area contributed by atoms with Gasteiger partial charge in [-0.2, -0.15) is 0 Å². The number of thioether (sulfide) groups is 1. The lowest BCUT2D eigenvalue weighted by Gasteiger charge is -2.19. The summed E-state index contributed by atoms with van der Waals surface area (Å²) in [6, 6.07) is 0.691. The van der Waals surface area contributed by atoms with Crippen LogP contribution >= 0.6 is 11.8 Å². The number of rotatable bonds is 4. The van der Waals surface area contributed by atoms with Crippen molar-refractivity contribution in [2.75, 3.05) is 6.54 Å². The second kappa shape index (κ2) is 6.12. The van der Waals surface area contributed by atoms with Gasteiger partial charge in [-0.1, -0.05) is 45.4 Å². The molecule has 17 heavy (non-hydrogen) atoms. The number of hydrogen-bond donors (Lipinski definition) is 1. The summed E-state index contributed by atoms with van der Waals surface area (Å²) in [5.41, 5.74) is 0. The fourth-order valence-electron chi connectivity index (χ4n) is 3.04.